The van der Waals surface area contributed by atoms with Crippen LogP contribution in [0.4, 0.5) is 39.5 Å². The van der Waals surface area contributed by atoms with Crippen LogP contribution in [0.5, 0.6) is 0 Å². The summed E-state index contributed by atoms with van der Waals surface area (Å²) in [5.41, 5.74) is -7.15. The van der Waals surface area contributed by atoms with Gasteiger partial charge in [-0.15, -0.1) is 0 Å². The lowest BCUT2D eigenvalue weighted by atomic mass is 9.87. The monoisotopic (exact) mass is 500 g/mol. The van der Waals surface area contributed by atoms with Crippen LogP contribution in [0.25, 0.3) is 11.1 Å². The van der Waals surface area contributed by atoms with Gasteiger partial charge in [0.15, 0.2) is 15.3 Å². The van der Waals surface area contributed by atoms with E-state index in [-0.39, 0.29) is 28.2 Å². The molecule has 0 unspecified atom stereocenters. The first-order valence-corrected chi connectivity index (χ1v) is 10.8. The molecule has 0 spiro atoms. The Bertz CT molecular complexity index is 1200. The van der Waals surface area contributed by atoms with Crippen molar-refractivity contribution in [1.29, 1.82) is 0 Å². The first kappa shape index (κ1) is 24.9. The number of halogens is 9. The fraction of sp³-hybridized carbons (Fsp3) is 0.238. The molecular weight excluding hydrogens is 487 g/mol. The van der Waals surface area contributed by atoms with Crippen LogP contribution >= 0.6 is 0 Å². The molecule has 1 aliphatic carbocycles. The van der Waals surface area contributed by atoms with Gasteiger partial charge in [0.25, 0.3) is 0 Å². The molecule has 0 saturated carbocycles. The normalized spacial score (nSPS) is 17.0. The van der Waals surface area contributed by atoms with Crippen molar-refractivity contribution in [3.05, 3.63) is 77.4 Å². The van der Waals surface area contributed by atoms with Gasteiger partial charge in [-0.3, -0.25) is 0 Å². The lowest BCUT2D eigenvalue weighted by molar-refractivity contribution is -0.301. The molecule has 0 heterocycles. The summed E-state index contributed by atoms with van der Waals surface area (Å²) in [5.74, 6) is 0. The molecule has 0 bridgehead atoms. The summed E-state index contributed by atoms with van der Waals surface area (Å²) in [6.45, 7) is 0. The van der Waals surface area contributed by atoms with E-state index in [1.54, 1.807) is 0 Å². The second-order valence-corrected chi connectivity index (χ2v) is 9.37. The number of allylic oxidation sites excluding steroid dienone is 4. The van der Waals surface area contributed by atoms with E-state index >= 15 is 0 Å². The van der Waals surface area contributed by atoms with Gasteiger partial charge in [0, 0.05) is 6.26 Å². The van der Waals surface area contributed by atoms with Gasteiger partial charge in [-0.25, -0.2) is 8.42 Å². The van der Waals surface area contributed by atoms with E-state index in [0.717, 1.165) is 42.7 Å². The van der Waals surface area contributed by atoms with Gasteiger partial charge >= 0.3 is 18.5 Å². The van der Waals surface area contributed by atoms with Crippen molar-refractivity contribution < 1.29 is 47.9 Å². The van der Waals surface area contributed by atoms with Crippen molar-refractivity contribution in [2.75, 3.05) is 6.26 Å². The van der Waals surface area contributed by atoms with E-state index in [1.165, 1.54) is 0 Å². The Hall–Kier alpha value is -2.76. The number of hydrogen-bond acceptors (Lipinski definition) is 2. The molecular formula is C21H13F9O2S. The fourth-order valence-corrected chi connectivity index (χ4v) is 3.97. The number of alkyl halides is 9. The summed E-state index contributed by atoms with van der Waals surface area (Å²) in [6, 6.07) is 6.72. The van der Waals surface area contributed by atoms with E-state index in [4.69, 9.17) is 0 Å². The van der Waals surface area contributed by atoms with Crippen molar-refractivity contribution in [3.63, 3.8) is 0 Å². The lowest BCUT2D eigenvalue weighted by Gasteiger charge is -2.30. The van der Waals surface area contributed by atoms with E-state index in [9.17, 15) is 47.9 Å². The average Bonchev–Trinajstić information content (AvgIpc) is 3.09. The third kappa shape index (κ3) is 4.53. The predicted octanol–water partition coefficient (Wildman–Crippen LogP) is 6.70. The van der Waals surface area contributed by atoms with Crippen molar-refractivity contribution in [2.45, 2.75) is 23.4 Å². The van der Waals surface area contributed by atoms with Crippen LogP contribution in [0.2, 0.25) is 0 Å². The highest BCUT2D eigenvalue weighted by Crippen LogP contribution is 2.59. The molecule has 0 aliphatic heterocycles. The standard InChI is InChI=1S/C21H13F9O2S/c1-33(31,32)15-8-4-13(5-9-15)17-11-18(20(25,26)27,21(28,29)30)10-16(17)12-2-6-14(7-3-12)19(22,23)24/h2-11H,1H3. The first-order valence-electron chi connectivity index (χ1n) is 8.94. The number of sulfone groups is 1. The summed E-state index contributed by atoms with van der Waals surface area (Å²) in [4.78, 5) is -0.220. The van der Waals surface area contributed by atoms with Crippen molar-refractivity contribution in [3.8, 4) is 0 Å². The Morgan fingerprint density at radius 2 is 1.00 bits per heavy atom. The maximum atomic E-state index is 13.7. The Kier molecular flexibility index (Phi) is 5.76. The van der Waals surface area contributed by atoms with Gasteiger partial charge in [0.05, 0.1) is 10.5 Å². The van der Waals surface area contributed by atoms with Crippen LogP contribution in [0.1, 0.15) is 16.7 Å². The minimum absolute atomic E-state index is 0.0462. The van der Waals surface area contributed by atoms with Crippen molar-refractivity contribution in [2.24, 2.45) is 5.41 Å². The van der Waals surface area contributed by atoms with Gasteiger partial charge in [0.1, 0.15) is 0 Å². The largest absolute Gasteiger partial charge is 0.416 e. The topological polar surface area (TPSA) is 34.1 Å². The molecule has 0 amide bonds. The fourth-order valence-electron chi connectivity index (χ4n) is 3.34. The van der Waals surface area contributed by atoms with Gasteiger partial charge in [-0.1, -0.05) is 24.3 Å². The highest BCUT2D eigenvalue weighted by Gasteiger charge is 2.70. The summed E-state index contributed by atoms with van der Waals surface area (Å²) in [7, 11) is -3.70. The van der Waals surface area contributed by atoms with Crippen molar-refractivity contribution >= 4 is 21.0 Å². The molecule has 3 rings (SSSR count). The zero-order chi connectivity index (χ0) is 25.0. The quantitative estimate of drug-likeness (QED) is 0.440. The molecule has 0 atom stereocenters. The Balaban J connectivity index is 2.25. The Labute approximate surface area is 182 Å². The minimum Gasteiger partial charge on any atom is -0.224 e. The third-order valence-electron chi connectivity index (χ3n) is 5.09. The molecule has 0 aromatic heterocycles. The number of rotatable bonds is 3. The number of hydrogen-bond donors (Lipinski definition) is 0. The molecule has 0 N–H and O–H groups in total. The molecule has 178 valence electrons. The molecule has 2 aromatic carbocycles. The maximum absolute atomic E-state index is 13.7. The van der Waals surface area contributed by atoms with Gasteiger partial charge < -0.3 is 0 Å². The highest BCUT2D eigenvalue weighted by atomic mass is 32.2. The lowest BCUT2D eigenvalue weighted by Crippen LogP contribution is -2.46. The van der Waals surface area contributed by atoms with Gasteiger partial charge in [0.2, 0.25) is 0 Å². The van der Waals surface area contributed by atoms with E-state index in [2.05, 4.69) is 0 Å². The van der Waals surface area contributed by atoms with Crippen LogP contribution < -0.4 is 0 Å². The van der Waals surface area contributed by atoms with Crippen LogP contribution in [-0.4, -0.2) is 27.0 Å². The predicted molar refractivity (Wildman–Crippen MR) is 101 cm³/mol. The third-order valence-corrected chi connectivity index (χ3v) is 6.22. The second kappa shape index (κ2) is 7.64. The molecule has 1 aliphatic rings. The SMILES string of the molecule is CS(=O)(=O)c1ccc(C2=CC(C(F)(F)F)(C(F)(F)F)C=C2c2ccc(C(F)(F)F)cc2)cc1. The van der Waals surface area contributed by atoms with E-state index in [0.29, 0.717) is 12.1 Å². The molecule has 0 saturated heterocycles. The molecule has 33 heavy (non-hydrogen) atoms. The van der Waals surface area contributed by atoms with Gasteiger partial charge in [-0.05, 0) is 58.7 Å². The Morgan fingerprint density at radius 3 is 1.30 bits per heavy atom. The first-order chi connectivity index (χ1) is 14.9. The average molecular weight is 500 g/mol. The summed E-state index contributed by atoms with van der Waals surface area (Å²) in [5, 5.41) is 0. The summed E-state index contributed by atoms with van der Waals surface area (Å²) < 4.78 is 144. The van der Waals surface area contributed by atoms with Crippen LogP contribution in [0.3, 0.4) is 0 Å². The molecule has 12 heteroatoms. The zero-order valence-electron chi connectivity index (χ0n) is 16.4. The van der Waals surface area contributed by atoms with Crippen molar-refractivity contribution in [1.82, 2.24) is 0 Å². The number of benzene rings is 2. The highest BCUT2D eigenvalue weighted by molar-refractivity contribution is 7.90. The van der Waals surface area contributed by atoms with E-state index in [1.807, 2.05) is 0 Å². The van der Waals surface area contributed by atoms with Crippen LogP contribution in [0.15, 0.2) is 65.6 Å². The smallest absolute Gasteiger partial charge is 0.224 e. The van der Waals surface area contributed by atoms with Gasteiger partial charge in [-0.2, -0.15) is 39.5 Å². The molecule has 2 aromatic rings. The van der Waals surface area contributed by atoms with Crippen LogP contribution in [-0.2, 0) is 16.0 Å². The van der Waals surface area contributed by atoms with Crippen LogP contribution in [0, 0.1) is 5.41 Å². The molecule has 0 fully saturated rings. The molecule has 2 nitrogen and oxygen atoms in total. The summed E-state index contributed by atoms with van der Waals surface area (Å²) in [6.07, 6.45) is -15.6. The van der Waals surface area contributed by atoms with E-state index < -0.39 is 50.5 Å². The Morgan fingerprint density at radius 1 is 0.636 bits per heavy atom. The minimum atomic E-state index is -5.81. The zero-order valence-corrected chi connectivity index (χ0v) is 17.2. The second-order valence-electron chi connectivity index (χ2n) is 7.35. The maximum Gasteiger partial charge on any atom is 0.416 e. The molecule has 0 radical (unpaired) electrons. The summed E-state index contributed by atoms with van der Waals surface area (Å²) >= 11 is 0.